The molecule has 0 atom stereocenters. The van der Waals surface area contributed by atoms with Crippen LogP contribution in [0.1, 0.15) is 6.92 Å². The molecule has 0 aliphatic heterocycles. The van der Waals surface area contributed by atoms with Crippen LogP contribution in [0.3, 0.4) is 0 Å². The molecule has 0 aromatic rings. The molecule has 64 valence electrons. The maximum absolute atomic E-state index is 10.8. The van der Waals surface area contributed by atoms with Gasteiger partial charge in [0, 0.05) is 12.1 Å². The Bertz CT molecular complexity index is 154. The van der Waals surface area contributed by atoms with Crippen LogP contribution < -0.4 is 5.73 Å². The minimum absolute atomic E-state index is 0.0363. The molecule has 3 N–H and O–H groups in total. The standard InChI is InChI=1S/C7H13NO3/c1-6(2-3-8)7(10)11-5-4-9/h2,9H,3-5,8H2,1H3. The summed E-state index contributed by atoms with van der Waals surface area (Å²) < 4.78 is 4.59. The average molecular weight is 159 g/mol. The monoisotopic (exact) mass is 159 g/mol. The number of hydrogen-bond donors (Lipinski definition) is 2. The van der Waals surface area contributed by atoms with Gasteiger partial charge in [-0.3, -0.25) is 0 Å². The molecule has 0 aromatic carbocycles. The molecule has 0 heterocycles. The number of aliphatic hydroxyl groups excluding tert-OH is 1. The van der Waals surface area contributed by atoms with Gasteiger partial charge in [-0.2, -0.15) is 0 Å². The van der Waals surface area contributed by atoms with E-state index in [4.69, 9.17) is 10.8 Å². The van der Waals surface area contributed by atoms with Crippen molar-refractivity contribution in [1.29, 1.82) is 0 Å². The Kier molecular flexibility index (Phi) is 5.42. The van der Waals surface area contributed by atoms with Gasteiger partial charge in [-0.25, -0.2) is 4.79 Å². The quantitative estimate of drug-likeness (QED) is 0.425. The first-order valence-electron chi connectivity index (χ1n) is 3.37. The van der Waals surface area contributed by atoms with Crippen molar-refractivity contribution in [3.05, 3.63) is 11.6 Å². The van der Waals surface area contributed by atoms with Crippen molar-refractivity contribution >= 4 is 5.97 Å². The molecule has 4 heteroatoms. The number of hydrogen-bond acceptors (Lipinski definition) is 4. The first kappa shape index (κ1) is 10.1. The molecule has 0 radical (unpaired) electrons. The third kappa shape index (κ3) is 4.52. The van der Waals surface area contributed by atoms with Gasteiger partial charge >= 0.3 is 5.97 Å². The molecule has 0 unspecified atom stereocenters. The second-order valence-corrected chi connectivity index (χ2v) is 1.98. The van der Waals surface area contributed by atoms with Crippen molar-refractivity contribution in [2.45, 2.75) is 6.92 Å². The number of carbonyl (C=O) groups is 1. The van der Waals surface area contributed by atoms with E-state index < -0.39 is 5.97 Å². The van der Waals surface area contributed by atoms with Crippen LogP contribution in [-0.2, 0) is 9.53 Å². The largest absolute Gasteiger partial charge is 0.460 e. The number of rotatable bonds is 4. The van der Waals surface area contributed by atoms with Crippen LogP contribution in [0.25, 0.3) is 0 Å². The molecule has 4 nitrogen and oxygen atoms in total. The average Bonchev–Trinajstić information content (AvgIpc) is 2.00. The van der Waals surface area contributed by atoms with Crippen molar-refractivity contribution < 1.29 is 14.6 Å². The summed E-state index contributed by atoms with van der Waals surface area (Å²) in [7, 11) is 0. The lowest BCUT2D eigenvalue weighted by molar-refractivity contribution is -0.139. The van der Waals surface area contributed by atoms with E-state index in [0.717, 1.165) is 0 Å². The molecule has 0 aliphatic rings. The fraction of sp³-hybridized carbons (Fsp3) is 0.571. The molecule has 0 rings (SSSR count). The molecule has 0 aromatic heterocycles. The van der Waals surface area contributed by atoms with E-state index in [2.05, 4.69) is 4.74 Å². The highest BCUT2D eigenvalue weighted by Gasteiger charge is 2.02. The Balaban J connectivity index is 3.73. The van der Waals surface area contributed by atoms with Crippen LogP contribution in [-0.4, -0.2) is 30.8 Å². The molecule has 0 aliphatic carbocycles. The van der Waals surface area contributed by atoms with Gasteiger partial charge in [0.2, 0.25) is 0 Å². The predicted octanol–water partition coefficient (Wildman–Crippen LogP) is -0.573. The molecule has 0 fully saturated rings. The normalized spacial score (nSPS) is 11.4. The van der Waals surface area contributed by atoms with Gasteiger partial charge in [-0.1, -0.05) is 6.08 Å². The Morgan fingerprint density at radius 3 is 2.82 bits per heavy atom. The second-order valence-electron chi connectivity index (χ2n) is 1.98. The molecular weight excluding hydrogens is 146 g/mol. The van der Waals surface area contributed by atoms with Crippen LogP contribution in [0.5, 0.6) is 0 Å². The highest BCUT2D eigenvalue weighted by molar-refractivity contribution is 5.87. The number of nitrogens with two attached hydrogens (primary N) is 1. The number of aliphatic hydroxyl groups is 1. The van der Waals surface area contributed by atoms with E-state index in [1.165, 1.54) is 0 Å². The molecule has 0 saturated carbocycles. The zero-order valence-corrected chi connectivity index (χ0v) is 6.54. The Morgan fingerprint density at radius 2 is 2.36 bits per heavy atom. The summed E-state index contributed by atoms with van der Waals surface area (Å²) in [5, 5.41) is 8.31. The summed E-state index contributed by atoms with van der Waals surface area (Å²) >= 11 is 0. The molecule has 0 saturated heterocycles. The van der Waals surface area contributed by atoms with Crippen molar-refractivity contribution in [3.8, 4) is 0 Å². The van der Waals surface area contributed by atoms with Crippen molar-refractivity contribution in [3.63, 3.8) is 0 Å². The van der Waals surface area contributed by atoms with E-state index in [1.807, 2.05) is 0 Å². The summed E-state index contributed by atoms with van der Waals surface area (Å²) in [5.74, 6) is -0.426. The van der Waals surface area contributed by atoms with Gasteiger partial charge < -0.3 is 15.6 Å². The topological polar surface area (TPSA) is 72.6 Å². The van der Waals surface area contributed by atoms with Gasteiger partial charge in [0.05, 0.1) is 6.61 Å². The highest BCUT2D eigenvalue weighted by Crippen LogP contribution is 1.94. The zero-order valence-electron chi connectivity index (χ0n) is 6.54. The zero-order chi connectivity index (χ0) is 8.69. The summed E-state index contributed by atoms with van der Waals surface area (Å²) in [5.41, 5.74) is 5.64. The van der Waals surface area contributed by atoms with Gasteiger partial charge in [0.25, 0.3) is 0 Å². The van der Waals surface area contributed by atoms with E-state index >= 15 is 0 Å². The second kappa shape index (κ2) is 5.88. The Morgan fingerprint density at radius 1 is 1.73 bits per heavy atom. The van der Waals surface area contributed by atoms with Gasteiger partial charge in [-0.15, -0.1) is 0 Å². The molecule has 0 amide bonds. The lowest BCUT2D eigenvalue weighted by Crippen LogP contribution is -2.10. The van der Waals surface area contributed by atoms with Crippen molar-refractivity contribution in [2.75, 3.05) is 19.8 Å². The van der Waals surface area contributed by atoms with Crippen LogP contribution >= 0.6 is 0 Å². The van der Waals surface area contributed by atoms with Crippen LogP contribution in [0, 0.1) is 0 Å². The highest BCUT2D eigenvalue weighted by atomic mass is 16.5. The summed E-state index contributed by atoms with van der Waals surface area (Å²) in [4.78, 5) is 10.8. The lowest BCUT2D eigenvalue weighted by atomic mass is 10.3. The third-order valence-electron chi connectivity index (χ3n) is 1.07. The molecule has 11 heavy (non-hydrogen) atoms. The van der Waals surface area contributed by atoms with Gasteiger partial charge in [0.1, 0.15) is 6.61 Å². The minimum Gasteiger partial charge on any atom is -0.460 e. The number of esters is 1. The van der Waals surface area contributed by atoms with Crippen LogP contribution in [0.4, 0.5) is 0 Å². The van der Waals surface area contributed by atoms with Crippen LogP contribution in [0.15, 0.2) is 11.6 Å². The van der Waals surface area contributed by atoms with E-state index in [0.29, 0.717) is 12.1 Å². The molecular formula is C7H13NO3. The van der Waals surface area contributed by atoms with Gasteiger partial charge in [0.15, 0.2) is 0 Å². The van der Waals surface area contributed by atoms with E-state index in [-0.39, 0.29) is 13.2 Å². The van der Waals surface area contributed by atoms with E-state index in [9.17, 15) is 4.79 Å². The summed E-state index contributed by atoms with van der Waals surface area (Å²) in [6.45, 7) is 1.82. The lowest BCUT2D eigenvalue weighted by Gasteiger charge is -2.01. The van der Waals surface area contributed by atoms with Crippen LogP contribution in [0.2, 0.25) is 0 Å². The summed E-state index contributed by atoms with van der Waals surface area (Å²) in [6, 6.07) is 0. The van der Waals surface area contributed by atoms with Crippen molar-refractivity contribution in [1.82, 2.24) is 0 Å². The minimum atomic E-state index is -0.426. The maximum Gasteiger partial charge on any atom is 0.333 e. The first-order valence-corrected chi connectivity index (χ1v) is 3.37. The fourth-order valence-corrected chi connectivity index (χ4v) is 0.512. The first-order chi connectivity index (χ1) is 5.22. The third-order valence-corrected chi connectivity index (χ3v) is 1.07. The summed E-state index contributed by atoms with van der Waals surface area (Å²) in [6.07, 6.45) is 1.57. The number of ether oxygens (including phenoxy) is 1. The fourth-order valence-electron chi connectivity index (χ4n) is 0.512. The number of carbonyl (C=O) groups excluding carboxylic acids is 1. The van der Waals surface area contributed by atoms with E-state index in [1.54, 1.807) is 13.0 Å². The SMILES string of the molecule is CC(=CCN)C(=O)OCCO. The molecule has 0 spiro atoms. The van der Waals surface area contributed by atoms with Crippen molar-refractivity contribution in [2.24, 2.45) is 5.73 Å². The Labute approximate surface area is 65.6 Å². The Hall–Kier alpha value is -0.870. The maximum atomic E-state index is 10.8. The van der Waals surface area contributed by atoms with Gasteiger partial charge in [-0.05, 0) is 6.92 Å². The smallest absolute Gasteiger partial charge is 0.333 e. The predicted molar refractivity (Wildman–Crippen MR) is 40.9 cm³/mol. The molecule has 0 bridgehead atoms.